The van der Waals surface area contributed by atoms with E-state index in [1.54, 1.807) is 13.1 Å². The second kappa shape index (κ2) is 20.4. The smallest absolute Gasteiger partial charge is 0.160 e. The van der Waals surface area contributed by atoms with E-state index in [1.807, 2.05) is 66.0 Å². The second-order valence-corrected chi connectivity index (χ2v) is 17.3. The lowest BCUT2D eigenvalue weighted by molar-refractivity contribution is 0.623. The molecule has 0 spiro atoms. The van der Waals surface area contributed by atoms with Crippen molar-refractivity contribution in [1.29, 1.82) is 5.26 Å². The molecule has 64 heavy (non-hydrogen) atoms. The predicted molar refractivity (Wildman–Crippen MR) is 275 cm³/mol. The first-order valence-electron chi connectivity index (χ1n) is 22.2. The van der Waals surface area contributed by atoms with Gasteiger partial charge in [-0.2, -0.15) is 5.26 Å². The van der Waals surface area contributed by atoms with E-state index in [0.717, 1.165) is 66.5 Å². The average molecular weight is 852 g/mol. The molecule has 0 aliphatic heterocycles. The largest absolute Gasteiger partial charge is 0.313 e. The van der Waals surface area contributed by atoms with Crippen LogP contribution in [0.2, 0.25) is 0 Å². The van der Waals surface area contributed by atoms with Crippen LogP contribution in [0.1, 0.15) is 82.8 Å². The maximum atomic E-state index is 9.66. The Kier molecular flexibility index (Phi) is 13.9. The van der Waals surface area contributed by atoms with Crippen LogP contribution in [0.4, 0.5) is 0 Å². The Balaban J connectivity index is 1.22. The zero-order chi connectivity index (χ0) is 44.4. The second-order valence-electron chi connectivity index (χ2n) is 16.2. The van der Waals surface area contributed by atoms with Crippen LogP contribution < -0.4 is 0 Å². The standard InChI is InChI=1S/C58H53N5S/c1-6-9-10-11-13-20-40-21-14-12-15-22-45(33-40)57(60-4)62-58(61-5)47-36-46(43-30-27-41(39-59)28-31-43)37-48(38-47)63-53-26-17-16-24-49(53)50-32-29-42(35-54(50)63)34-44-23-18-25-52-51(19-7-2)55(8-3)64-56(44)52/h6-7,9-11,13,15,17-19,22-23,25-33,36-38,40,42H,1,4,8,12,16,20,24,34-35H2,2-3,5H3/b10-9-,13-11-,19-7-,22-15-,45-33+,61-58?,62-57?. The SMILES string of the molecule is C=C/C=C\C=C/CC1C#CC/C=C\C(C(N=C)=NC(=NC)c2cc(-c3ccc(C#N)cc3)cc(-n3c4c(c5c3CC(Cc3cccc6c(/C=C\C)c(CC)sc36)C=C5)CCC=C4)c2)=C/1. The third-order valence-corrected chi connectivity index (χ3v) is 13.5. The van der Waals surface area contributed by atoms with Gasteiger partial charge in [0.1, 0.15) is 0 Å². The lowest BCUT2D eigenvalue weighted by atomic mass is 9.86. The Morgan fingerprint density at radius 2 is 1.89 bits per heavy atom. The number of nitriles is 1. The van der Waals surface area contributed by atoms with Crippen LogP contribution in [0.15, 0.2) is 155 Å². The van der Waals surface area contributed by atoms with Crippen LogP contribution >= 0.6 is 11.3 Å². The highest BCUT2D eigenvalue weighted by molar-refractivity contribution is 7.19. The van der Waals surface area contributed by atoms with E-state index in [-0.39, 0.29) is 5.92 Å². The van der Waals surface area contributed by atoms with E-state index in [2.05, 4.69) is 140 Å². The van der Waals surface area contributed by atoms with E-state index in [9.17, 15) is 5.26 Å². The molecule has 5 nitrogen and oxygen atoms in total. The van der Waals surface area contributed by atoms with Gasteiger partial charge in [0.25, 0.3) is 0 Å². The fourth-order valence-corrected chi connectivity index (χ4v) is 10.3. The summed E-state index contributed by atoms with van der Waals surface area (Å²) in [6, 6.07) is 23.6. The highest BCUT2D eigenvalue weighted by Crippen LogP contribution is 2.41. The highest BCUT2D eigenvalue weighted by atomic mass is 32.1. The van der Waals surface area contributed by atoms with Gasteiger partial charge in [-0.3, -0.25) is 4.99 Å². The molecule has 316 valence electrons. The highest BCUT2D eigenvalue weighted by Gasteiger charge is 2.28. The van der Waals surface area contributed by atoms with E-state index in [1.165, 1.54) is 48.6 Å². The molecular weight excluding hydrogens is 799 g/mol. The number of thiophene rings is 1. The quantitative estimate of drug-likeness (QED) is 0.0534. The summed E-state index contributed by atoms with van der Waals surface area (Å²) in [5.41, 5.74) is 13.5. The molecule has 2 unspecified atom stereocenters. The van der Waals surface area contributed by atoms with Crippen LogP contribution in [-0.4, -0.2) is 30.0 Å². The third kappa shape index (κ3) is 9.30. The van der Waals surface area contributed by atoms with Crippen molar-refractivity contribution in [2.75, 3.05) is 7.05 Å². The van der Waals surface area contributed by atoms with Gasteiger partial charge < -0.3 is 4.57 Å². The predicted octanol–water partition coefficient (Wildman–Crippen LogP) is 13.9. The molecular formula is C58H53N5S. The number of aliphatic imine (C=N–C) groups is 3. The molecule has 2 aromatic heterocycles. The molecule has 0 N–H and O–H groups in total. The fourth-order valence-electron chi connectivity index (χ4n) is 9.04. The molecule has 0 fully saturated rings. The first-order chi connectivity index (χ1) is 31.5. The van der Waals surface area contributed by atoms with Crippen LogP contribution in [0.25, 0.3) is 45.1 Å². The van der Waals surface area contributed by atoms with E-state index in [0.29, 0.717) is 29.6 Å². The minimum Gasteiger partial charge on any atom is -0.313 e. The topological polar surface area (TPSA) is 65.8 Å². The van der Waals surface area contributed by atoms with E-state index < -0.39 is 0 Å². The number of fused-ring (bicyclic) bond motifs is 4. The maximum Gasteiger partial charge on any atom is 0.160 e. The number of amidine groups is 2. The number of benzene rings is 3. The minimum atomic E-state index is -0.0200. The lowest BCUT2D eigenvalue weighted by Crippen LogP contribution is -2.14. The first-order valence-corrected chi connectivity index (χ1v) is 23.0. The van der Waals surface area contributed by atoms with Gasteiger partial charge in [0.05, 0.1) is 11.6 Å². The molecule has 6 heteroatoms. The zero-order valence-electron chi connectivity index (χ0n) is 37.0. The summed E-state index contributed by atoms with van der Waals surface area (Å²) in [5, 5.41) is 11.0. The summed E-state index contributed by atoms with van der Waals surface area (Å²) in [4.78, 5) is 15.9. The molecule has 2 atom stereocenters. The van der Waals surface area contributed by atoms with Gasteiger partial charge in [-0.1, -0.05) is 135 Å². The van der Waals surface area contributed by atoms with Crippen LogP contribution in [0, 0.1) is 35.0 Å². The molecule has 3 aliphatic carbocycles. The summed E-state index contributed by atoms with van der Waals surface area (Å²) in [6.07, 6.45) is 36.2. The van der Waals surface area contributed by atoms with Gasteiger partial charge in [0.2, 0.25) is 0 Å². The average Bonchev–Trinajstić information content (AvgIpc) is 3.85. The zero-order valence-corrected chi connectivity index (χ0v) is 37.8. The molecule has 2 heterocycles. The summed E-state index contributed by atoms with van der Waals surface area (Å²) < 4.78 is 3.90. The van der Waals surface area contributed by atoms with Gasteiger partial charge >= 0.3 is 0 Å². The van der Waals surface area contributed by atoms with E-state index in [4.69, 9.17) is 9.98 Å². The molecule has 3 aromatic carbocycles. The van der Waals surface area contributed by atoms with Crippen molar-refractivity contribution in [2.45, 2.75) is 58.8 Å². The summed E-state index contributed by atoms with van der Waals surface area (Å²) in [5.74, 6) is 8.02. The third-order valence-electron chi connectivity index (χ3n) is 12.0. The number of hydrogen-bond donors (Lipinski definition) is 0. The Bertz CT molecular complexity index is 3000. The fraction of sp³-hybridized carbons (Fsp3) is 0.207. The van der Waals surface area contributed by atoms with Crippen LogP contribution in [0.5, 0.6) is 0 Å². The van der Waals surface area contributed by atoms with Crippen molar-refractivity contribution in [2.24, 2.45) is 26.8 Å². The number of nitrogens with zero attached hydrogens (tertiary/aromatic N) is 5. The molecule has 0 saturated heterocycles. The Labute approximate surface area is 382 Å². The van der Waals surface area contributed by atoms with Gasteiger partial charge in [0, 0.05) is 62.6 Å². The maximum absolute atomic E-state index is 9.66. The summed E-state index contributed by atoms with van der Waals surface area (Å²) in [7, 11) is 1.78. The van der Waals surface area contributed by atoms with Crippen molar-refractivity contribution >= 4 is 58.0 Å². The number of allylic oxidation sites excluding steroid dienone is 10. The summed E-state index contributed by atoms with van der Waals surface area (Å²) in [6.45, 7) is 12.1. The van der Waals surface area contributed by atoms with Crippen LogP contribution in [0.3, 0.4) is 0 Å². The van der Waals surface area contributed by atoms with Gasteiger partial charge in [-0.25, -0.2) is 9.98 Å². The van der Waals surface area contributed by atoms with Gasteiger partial charge in [-0.15, -0.1) is 11.3 Å². The van der Waals surface area contributed by atoms with E-state index >= 15 is 0 Å². The van der Waals surface area contributed by atoms with Crippen molar-refractivity contribution in [3.63, 3.8) is 0 Å². The Morgan fingerprint density at radius 1 is 1.02 bits per heavy atom. The van der Waals surface area contributed by atoms with Gasteiger partial charge in [-0.05, 0) is 128 Å². The molecule has 0 saturated carbocycles. The number of aryl methyl sites for hydroxylation is 1. The minimum absolute atomic E-state index is 0.0200. The molecule has 0 radical (unpaired) electrons. The number of aromatic nitrogens is 1. The normalized spacial score (nSPS) is 18.6. The van der Waals surface area contributed by atoms with Gasteiger partial charge in [0.15, 0.2) is 11.7 Å². The molecule has 0 amide bonds. The number of hydrogen-bond acceptors (Lipinski definition) is 3. The van der Waals surface area contributed by atoms with Crippen molar-refractivity contribution in [3.05, 3.63) is 189 Å². The Hall–Kier alpha value is -7.12. The lowest BCUT2D eigenvalue weighted by Gasteiger charge is -2.22. The summed E-state index contributed by atoms with van der Waals surface area (Å²) >= 11 is 1.96. The Morgan fingerprint density at radius 3 is 2.67 bits per heavy atom. The molecule has 5 aromatic rings. The van der Waals surface area contributed by atoms with Crippen LogP contribution in [-0.2, 0) is 25.7 Å². The molecule has 0 bridgehead atoms. The van der Waals surface area contributed by atoms with Crippen molar-refractivity contribution in [3.8, 4) is 34.7 Å². The van der Waals surface area contributed by atoms with Crippen molar-refractivity contribution < 1.29 is 0 Å². The number of rotatable bonds is 12. The molecule has 3 aliphatic rings. The monoisotopic (exact) mass is 851 g/mol. The molecule has 8 rings (SSSR count). The first kappa shape index (κ1) is 43.5. The van der Waals surface area contributed by atoms with Crippen molar-refractivity contribution in [1.82, 2.24) is 4.57 Å².